The van der Waals surface area contributed by atoms with E-state index in [9.17, 15) is 0 Å². The van der Waals surface area contributed by atoms with Crippen molar-refractivity contribution in [2.75, 3.05) is 12.3 Å². The van der Waals surface area contributed by atoms with Gasteiger partial charge in [0, 0.05) is 5.75 Å². The zero-order chi connectivity index (χ0) is 11.1. The summed E-state index contributed by atoms with van der Waals surface area (Å²) >= 11 is 13.7. The quantitative estimate of drug-likeness (QED) is 0.787. The third-order valence-corrected chi connectivity index (χ3v) is 3.85. The van der Waals surface area contributed by atoms with Gasteiger partial charge in [0.1, 0.15) is 0 Å². The molecule has 1 aromatic carbocycles. The summed E-state index contributed by atoms with van der Waals surface area (Å²) in [6.07, 6.45) is 2.29. The molecule has 0 heterocycles. The molecular formula is C11H15Cl2NS. The number of halogens is 2. The molecule has 0 amide bonds. The van der Waals surface area contributed by atoms with E-state index in [1.807, 2.05) is 30.0 Å². The molecule has 0 fully saturated rings. The molecule has 15 heavy (non-hydrogen) atoms. The average molecular weight is 264 g/mol. The summed E-state index contributed by atoms with van der Waals surface area (Å²) in [5.74, 6) is 2.14. The first-order valence-corrected chi connectivity index (χ1v) is 6.87. The van der Waals surface area contributed by atoms with Crippen LogP contribution in [0.4, 0.5) is 0 Å². The van der Waals surface area contributed by atoms with Gasteiger partial charge in [-0.25, -0.2) is 0 Å². The Bertz CT molecular complexity index is 305. The van der Waals surface area contributed by atoms with Gasteiger partial charge < -0.3 is 5.73 Å². The number of rotatable bonds is 6. The molecule has 1 rings (SSSR count). The van der Waals surface area contributed by atoms with Crippen LogP contribution in [0, 0.1) is 0 Å². The lowest BCUT2D eigenvalue weighted by Crippen LogP contribution is -1.98. The van der Waals surface area contributed by atoms with Crippen LogP contribution in [0.3, 0.4) is 0 Å². The largest absolute Gasteiger partial charge is 0.330 e. The summed E-state index contributed by atoms with van der Waals surface area (Å²) in [6.45, 7) is 0.785. The van der Waals surface area contributed by atoms with Crippen molar-refractivity contribution in [3.63, 3.8) is 0 Å². The van der Waals surface area contributed by atoms with Crippen LogP contribution >= 0.6 is 35.0 Å². The highest BCUT2D eigenvalue weighted by molar-refractivity contribution is 7.98. The molecule has 4 heteroatoms. The molecule has 0 spiro atoms. The highest BCUT2D eigenvalue weighted by Crippen LogP contribution is 2.24. The van der Waals surface area contributed by atoms with E-state index >= 15 is 0 Å². The molecule has 2 N–H and O–H groups in total. The maximum absolute atomic E-state index is 5.92. The number of hydrogen-bond acceptors (Lipinski definition) is 2. The van der Waals surface area contributed by atoms with Crippen molar-refractivity contribution in [1.82, 2.24) is 0 Å². The van der Waals surface area contributed by atoms with Crippen molar-refractivity contribution in [2.24, 2.45) is 5.73 Å². The highest BCUT2D eigenvalue weighted by atomic mass is 35.5. The van der Waals surface area contributed by atoms with Crippen LogP contribution in [0.5, 0.6) is 0 Å². The van der Waals surface area contributed by atoms with E-state index in [1.54, 1.807) is 0 Å². The minimum atomic E-state index is 0.619. The van der Waals surface area contributed by atoms with Crippen LogP contribution in [0.2, 0.25) is 10.0 Å². The molecule has 0 saturated heterocycles. The summed E-state index contributed by atoms with van der Waals surface area (Å²) in [4.78, 5) is 0. The predicted molar refractivity (Wildman–Crippen MR) is 70.9 cm³/mol. The summed E-state index contributed by atoms with van der Waals surface area (Å²) in [5, 5.41) is 1.25. The lowest BCUT2D eigenvalue weighted by Gasteiger charge is -2.03. The van der Waals surface area contributed by atoms with Crippen LogP contribution < -0.4 is 5.73 Å². The minimum Gasteiger partial charge on any atom is -0.330 e. The van der Waals surface area contributed by atoms with Gasteiger partial charge in [0.15, 0.2) is 0 Å². The second-order valence-corrected chi connectivity index (χ2v) is 5.22. The zero-order valence-electron chi connectivity index (χ0n) is 8.51. The molecule has 1 aromatic rings. The molecule has 0 aliphatic heterocycles. The van der Waals surface area contributed by atoms with Crippen molar-refractivity contribution in [2.45, 2.75) is 18.6 Å². The van der Waals surface area contributed by atoms with Gasteiger partial charge in [0.05, 0.1) is 10.0 Å². The Labute approximate surface area is 105 Å². The zero-order valence-corrected chi connectivity index (χ0v) is 10.8. The van der Waals surface area contributed by atoms with E-state index in [0.29, 0.717) is 10.0 Å². The lowest BCUT2D eigenvalue weighted by molar-refractivity contribution is 0.814. The Kier molecular flexibility index (Phi) is 6.50. The predicted octanol–water partition coefficient (Wildman–Crippen LogP) is 3.97. The summed E-state index contributed by atoms with van der Waals surface area (Å²) < 4.78 is 0. The smallest absolute Gasteiger partial charge is 0.0595 e. The van der Waals surface area contributed by atoms with Gasteiger partial charge in [-0.15, -0.1) is 0 Å². The third-order valence-electron chi connectivity index (χ3n) is 2.00. The first-order chi connectivity index (χ1) is 7.24. The first kappa shape index (κ1) is 13.2. The van der Waals surface area contributed by atoms with E-state index in [0.717, 1.165) is 24.5 Å². The Morgan fingerprint density at radius 2 is 1.93 bits per heavy atom. The van der Waals surface area contributed by atoms with Gasteiger partial charge in [-0.1, -0.05) is 29.3 Å². The van der Waals surface area contributed by atoms with Crippen molar-refractivity contribution in [3.05, 3.63) is 33.8 Å². The van der Waals surface area contributed by atoms with Gasteiger partial charge in [0.25, 0.3) is 0 Å². The van der Waals surface area contributed by atoms with Crippen molar-refractivity contribution >= 4 is 35.0 Å². The molecule has 0 aromatic heterocycles. The molecule has 0 bridgehead atoms. The van der Waals surface area contributed by atoms with Crippen molar-refractivity contribution in [1.29, 1.82) is 0 Å². The molecule has 0 radical (unpaired) electrons. The number of unbranched alkanes of at least 4 members (excludes halogenated alkanes) is 1. The fraction of sp³-hybridized carbons (Fsp3) is 0.455. The average Bonchev–Trinajstić information content (AvgIpc) is 2.23. The first-order valence-electron chi connectivity index (χ1n) is 4.96. The van der Waals surface area contributed by atoms with Gasteiger partial charge in [-0.3, -0.25) is 0 Å². The molecule has 0 aliphatic rings. The van der Waals surface area contributed by atoms with Crippen molar-refractivity contribution in [3.8, 4) is 0 Å². The maximum Gasteiger partial charge on any atom is 0.0595 e. The molecule has 1 nitrogen and oxygen atoms in total. The number of benzene rings is 1. The summed E-state index contributed by atoms with van der Waals surface area (Å²) in [6, 6.07) is 5.80. The monoisotopic (exact) mass is 263 g/mol. The maximum atomic E-state index is 5.92. The molecule has 0 unspecified atom stereocenters. The molecule has 0 aliphatic carbocycles. The molecule has 84 valence electrons. The van der Waals surface area contributed by atoms with Crippen LogP contribution in [0.15, 0.2) is 18.2 Å². The topological polar surface area (TPSA) is 26.0 Å². The number of hydrogen-bond donors (Lipinski definition) is 1. The van der Waals surface area contributed by atoms with Gasteiger partial charge in [-0.05, 0) is 42.8 Å². The second-order valence-electron chi connectivity index (χ2n) is 3.30. The van der Waals surface area contributed by atoms with Crippen LogP contribution in [0.1, 0.15) is 18.4 Å². The fourth-order valence-electron chi connectivity index (χ4n) is 1.17. The number of nitrogens with two attached hydrogens (primary N) is 1. The third kappa shape index (κ3) is 5.12. The fourth-order valence-corrected chi connectivity index (χ4v) is 2.46. The SMILES string of the molecule is NCCCCSCc1ccc(Cl)c(Cl)c1. The molecular weight excluding hydrogens is 249 g/mol. The van der Waals surface area contributed by atoms with Gasteiger partial charge >= 0.3 is 0 Å². The molecule has 0 saturated carbocycles. The Hall–Kier alpha value is 0.110. The Morgan fingerprint density at radius 1 is 1.13 bits per heavy atom. The van der Waals surface area contributed by atoms with Gasteiger partial charge in [-0.2, -0.15) is 11.8 Å². The number of thioether (sulfide) groups is 1. The summed E-state index contributed by atoms with van der Waals surface area (Å²) in [7, 11) is 0. The van der Waals surface area contributed by atoms with Crippen LogP contribution in [-0.2, 0) is 5.75 Å². The van der Waals surface area contributed by atoms with Crippen LogP contribution in [0.25, 0.3) is 0 Å². The lowest BCUT2D eigenvalue weighted by atomic mass is 10.2. The normalized spacial score (nSPS) is 10.6. The van der Waals surface area contributed by atoms with E-state index in [4.69, 9.17) is 28.9 Å². The minimum absolute atomic E-state index is 0.619. The van der Waals surface area contributed by atoms with Crippen LogP contribution in [-0.4, -0.2) is 12.3 Å². The Balaban J connectivity index is 2.28. The van der Waals surface area contributed by atoms with Crippen molar-refractivity contribution < 1.29 is 0 Å². The van der Waals surface area contributed by atoms with E-state index in [-0.39, 0.29) is 0 Å². The van der Waals surface area contributed by atoms with E-state index in [2.05, 4.69) is 0 Å². The summed E-state index contributed by atoms with van der Waals surface area (Å²) in [5.41, 5.74) is 6.64. The second kappa shape index (κ2) is 7.39. The Morgan fingerprint density at radius 3 is 2.60 bits per heavy atom. The molecule has 0 atom stereocenters. The highest BCUT2D eigenvalue weighted by Gasteiger charge is 1.99. The standard InChI is InChI=1S/C11H15Cl2NS/c12-10-4-3-9(7-11(10)13)8-15-6-2-1-5-14/h3-4,7H,1-2,5-6,8,14H2. The van der Waals surface area contributed by atoms with E-state index in [1.165, 1.54) is 12.0 Å². The van der Waals surface area contributed by atoms with Gasteiger partial charge in [0.2, 0.25) is 0 Å². The van der Waals surface area contributed by atoms with E-state index < -0.39 is 0 Å².